The van der Waals surface area contributed by atoms with Crippen LogP contribution in [0.1, 0.15) is 37.8 Å². The van der Waals surface area contributed by atoms with E-state index in [9.17, 15) is 9.59 Å². The number of carbonyl (C=O) groups excluding carboxylic acids is 2. The monoisotopic (exact) mass is 422 g/mol. The van der Waals surface area contributed by atoms with Crippen LogP contribution in [-0.2, 0) is 9.59 Å². The van der Waals surface area contributed by atoms with Crippen LogP contribution in [0.4, 0.5) is 5.82 Å². The minimum atomic E-state index is -0.221. The fourth-order valence-corrected chi connectivity index (χ4v) is 4.44. The summed E-state index contributed by atoms with van der Waals surface area (Å²) in [5.74, 6) is 1.64. The van der Waals surface area contributed by atoms with Gasteiger partial charge in [-0.15, -0.1) is 0 Å². The van der Waals surface area contributed by atoms with E-state index < -0.39 is 0 Å². The minimum Gasteiger partial charge on any atom is -0.363 e. The number of hydrogen-bond acceptors (Lipinski definition) is 6. The van der Waals surface area contributed by atoms with Gasteiger partial charge in [0.05, 0.1) is 11.6 Å². The smallest absolute Gasteiger partial charge is 0.228 e. The number of amides is 2. The molecule has 0 N–H and O–H groups in total. The second kappa shape index (κ2) is 8.99. The van der Waals surface area contributed by atoms with Gasteiger partial charge < -0.3 is 14.7 Å². The molecule has 0 saturated carbocycles. The van der Waals surface area contributed by atoms with Crippen molar-refractivity contribution in [2.75, 3.05) is 45.2 Å². The van der Waals surface area contributed by atoms with Gasteiger partial charge in [0.15, 0.2) is 5.82 Å². The summed E-state index contributed by atoms with van der Waals surface area (Å²) in [5, 5.41) is 0. The van der Waals surface area contributed by atoms with E-state index in [1.807, 2.05) is 49.0 Å². The summed E-state index contributed by atoms with van der Waals surface area (Å²) in [6.07, 6.45) is 5.72. The number of aromatic nitrogens is 3. The van der Waals surface area contributed by atoms with Gasteiger partial charge in [-0.25, -0.2) is 9.97 Å². The molecule has 8 nitrogen and oxygen atoms in total. The van der Waals surface area contributed by atoms with Gasteiger partial charge in [-0.05, 0) is 31.9 Å². The molecule has 2 aliphatic rings. The summed E-state index contributed by atoms with van der Waals surface area (Å²) in [7, 11) is 3.94. The zero-order chi connectivity index (χ0) is 22.0. The number of anilines is 1. The maximum Gasteiger partial charge on any atom is 0.228 e. The van der Waals surface area contributed by atoms with E-state index in [1.54, 1.807) is 17.3 Å². The van der Waals surface area contributed by atoms with Gasteiger partial charge in [-0.1, -0.05) is 0 Å². The summed E-state index contributed by atoms with van der Waals surface area (Å²) in [5.41, 5.74) is 1.88. The number of carbonyl (C=O) groups is 2. The zero-order valence-corrected chi connectivity index (χ0v) is 18.5. The molecule has 2 saturated heterocycles. The molecule has 2 aromatic rings. The molecule has 2 aromatic heterocycles. The Bertz CT molecular complexity index is 948. The topological polar surface area (TPSA) is 82.5 Å². The first-order valence-electron chi connectivity index (χ1n) is 11.0. The van der Waals surface area contributed by atoms with Crippen molar-refractivity contribution in [3.63, 3.8) is 0 Å². The molecule has 8 heteroatoms. The summed E-state index contributed by atoms with van der Waals surface area (Å²) in [6, 6.07) is 5.85. The second-order valence-corrected chi connectivity index (χ2v) is 8.56. The average Bonchev–Trinajstić information content (AvgIpc) is 3.19. The van der Waals surface area contributed by atoms with Crippen molar-refractivity contribution >= 4 is 17.6 Å². The number of nitrogens with zero attached hydrogens (tertiary/aromatic N) is 6. The normalized spacial score (nSPS) is 21.5. The first kappa shape index (κ1) is 21.2. The van der Waals surface area contributed by atoms with Crippen LogP contribution in [0.3, 0.4) is 0 Å². The first-order chi connectivity index (χ1) is 15.0. The standard InChI is InChI=1S/C23H30N6O2/c1-4-28-15-18(12-21(28)30)23(31)29-11-5-6-17(14-29)19-13-20(27(2)3)26-22(25-19)16-7-9-24-10-8-16/h7-10,13,17-18H,4-6,11-12,14-15H2,1-3H3/t17-,18-/m1/s1. The quantitative estimate of drug-likeness (QED) is 0.735. The molecule has 2 amide bonds. The summed E-state index contributed by atoms with van der Waals surface area (Å²) >= 11 is 0. The highest BCUT2D eigenvalue weighted by atomic mass is 16.2. The fourth-order valence-electron chi connectivity index (χ4n) is 4.44. The molecule has 2 atom stereocenters. The lowest BCUT2D eigenvalue weighted by Gasteiger charge is -2.34. The highest BCUT2D eigenvalue weighted by Gasteiger charge is 2.37. The molecule has 0 aromatic carbocycles. The molecule has 0 spiro atoms. The molecular weight excluding hydrogens is 392 g/mol. The molecule has 0 unspecified atom stereocenters. The van der Waals surface area contributed by atoms with Crippen LogP contribution in [0.5, 0.6) is 0 Å². The van der Waals surface area contributed by atoms with E-state index in [4.69, 9.17) is 9.97 Å². The van der Waals surface area contributed by atoms with Gasteiger partial charge in [0, 0.05) is 76.6 Å². The van der Waals surface area contributed by atoms with Crippen LogP contribution in [0.25, 0.3) is 11.4 Å². The van der Waals surface area contributed by atoms with Gasteiger partial charge in [0.25, 0.3) is 0 Å². The molecule has 164 valence electrons. The van der Waals surface area contributed by atoms with Crippen molar-refractivity contribution in [1.29, 1.82) is 0 Å². The van der Waals surface area contributed by atoms with Crippen molar-refractivity contribution in [1.82, 2.24) is 24.8 Å². The van der Waals surface area contributed by atoms with E-state index >= 15 is 0 Å². The molecular formula is C23H30N6O2. The van der Waals surface area contributed by atoms with Crippen LogP contribution in [0.15, 0.2) is 30.6 Å². The third-order valence-electron chi connectivity index (χ3n) is 6.23. The van der Waals surface area contributed by atoms with Crippen molar-refractivity contribution in [2.45, 2.75) is 32.1 Å². The number of likely N-dealkylation sites (tertiary alicyclic amines) is 2. The van der Waals surface area contributed by atoms with Crippen LogP contribution in [-0.4, -0.2) is 76.8 Å². The van der Waals surface area contributed by atoms with Gasteiger partial charge in [-0.2, -0.15) is 0 Å². The zero-order valence-electron chi connectivity index (χ0n) is 18.5. The number of rotatable bonds is 5. The summed E-state index contributed by atoms with van der Waals surface area (Å²) in [4.78, 5) is 44.6. The Hall–Kier alpha value is -3.03. The Labute approximate surface area is 183 Å². The Morgan fingerprint density at radius 1 is 1.19 bits per heavy atom. The number of pyridine rings is 1. The average molecular weight is 423 g/mol. The van der Waals surface area contributed by atoms with Crippen LogP contribution in [0.2, 0.25) is 0 Å². The molecule has 4 heterocycles. The van der Waals surface area contributed by atoms with Crippen LogP contribution >= 0.6 is 0 Å². The van der Waals surface area contributed by atoms with E-state index in [1.165, 1.54) is 0 Å². The Morgan fingerprint density at radius 3 is 2.65 bits per heavy atom. The first-order valence-corrected chi connectivity index (χ1v) is 11.0. The minimum absolute atomic E-state index is 0.0860. The van der Waals surface area contributed by atoms with E-state index in [0.717, 1.165) is 36.5 Å². The third-order valence-corrected chi connectivity index (χ3v) is 6.23. The van der Waals surface area contributed by atoms with Crippen molar-refractivity contribution in [2.24, 2.45) is 5.92 Å². The van der Waals surface area contributed by atoms with E-state index in [2.05, 4.69) is 4.98 Å². The van der Waals surface area contributed by atoms with Gasteiger partial charge >= 0.3 is 0 Å². The molecule has 0 aliphatic carbocycles. The Balaban J connectivity index is 1.56. The van der Waals surface area contributed by atoms with Gasteiger partial charge in [0.1, 0.15) is 5.82 Å². The lowest BCUT2D eigenvalue weighted by atomic mass is 9.93. The lowest BCUT2D eigenvalue weighted by molar-refractivity contribution is -0.137. The van der Waals surface area contributed by atoms with Crippen molar-refractivity contribution in [3.8, 4) is 11.4 Å². The molecule has 2 aliphatic heterocycles. The summed E-state index contributed by atoms with van der Waals surface area (Å²) < 4.78 is 0. The second-order valence-electron chi connectivity index (χ2n) is 8.56. The Kier molecular flexibility index (Phi) is 6.15. The predicted molar refractivity (Wildman–Crippen MR) is 119 cm³/mol. The maximum absolute atomic E-state index is 13.1. The predicted octanol–water partition coefficient (Wildman–Crippen LogP) is 2.18. The van der Waals surface area contributed by atoms with Crippen molar-refractivity contribution < 1.29 is 9.59 Å². The van der Waals surface area contributed by atoms with Crippen LogP contribution < -0.4 is 4.90 Å². The van der Waals surface area contributed by atoms with Gasteiger partial charge in [0.2, 0.25) is 11.8 Å². The lowest BCUT2D eigenvalue weighted by Crippen LogP contribution is -2.43. The van der Waals surface area contributed by atoms with E-state index in [-0.39, 0.29) is 23.7 Å². The number of hydrogen-bond donors (Lipinski definition) is 0. The molecule has 2 fully saturated rings. The summed E-state index contributed by atoms with van der Waals surface area (Å²) in [6.45, 7) is 4.54. The molecule has 0 radical (unpaired) electrons. The highest BCUT2D eigenvalue weighted by Crippen LogP contribution is 2.31. The molecule has 4 rings (SSSR count). The highest BCUT2D eigenvalue weighted by molar-refractivity contribution is 5.89. The Morgan fingerprint density at radius 2 is 1.97 bits per heavy atom. The largest absolute Gasteiger partial charge is 0.363 e. The van der Waals surface area contributed by atoms with Crippen molar-refractivity contribution in [3.05, 3.63) is 36.3 Å². The SMILES string of the molecule is CCN1C[C@H](C(=O)N2CCC[C@@H](c3cc(N(C)C)nc(-c4ccncc4)n3)C2)CC1=O. The van der Waals surface area contributed by atoms with Gasteiger partial charge in [-0.3, -0.25) is 14.6 Å². The third kappa shape index (κ3) is 4.52. The van der Waals surface area contributed by atoms with Crippen LogP contribution in [0, 0.1) is 5.92 Å². The maximum atomic E-state index is 13.1. The number of piperidine rings is 1. The fraction of sp³-hybridized carbons (Fsp3) is 0.522. The van der Waals surface area contributed by atoms with E-state index in [0.29, 0.717) is 31.9 Å². The molecule has 31 heavy (non-hydrogen) atoms. The molecule has 0 bridgehead atoms.